The van der Waals surface area contributed by atoms with Crippen molar-refractivity contribution in [2.24, 2.45) is 0 Å². The van der Waals surface area contributed by atoms with E-state index >= 15 is 0 Å². The maximum Gasteiger partial charge on any atom is 0.255 e. The van der Waals surface area contributed by atoms with Crippen molar-refractivity contribution in [3.05, 3.63) is 60.7 Å². The Bertz CT molecular complexity index is 896. The number of carbonyl (C=O) groups excluding carboxylic acids is 2. The summed E-state index contributed by atoms with van der Waals surface area (Å²) >= 11 is 0. The minimum absolute atomic E-state index is 0.00550. The van der Waals surface area contributed by atoms with Crippen molar-refractivity contribution < 1.29 is 22.7 Å². The first-order valence-corrected chi connectivity index (χ1v) is 9.73. The molecule has 0 bridgehead atoms. The quantitative estimate of drug-likeness (QED) is 0.567. The summed E-state index contributed by atoms with van der Waals surface area (Å²) < 4.78 is 32.4. The van der Waals surface area contributed by atoms with Crippen molar-refractivity contribution in [1.29, 1.82) is 0 Å². The van der Waals surface area contributed by atoms with Crippen molar-refractivity contribution in [3.63, 3.8) is 0 Å². The third-order valence-corrected chi connectivity index (χ3v) is 5.94. The van der Waals surface area contributed by atoms with Crippen LogP contribution in [0.15, 0.2) is 65.6 Å². The number of ether oxygens (including phenoxy) is 1. The fraction of sp³-hybridized carbons (Fsp3) is 0.263. The number of benzene rings is 1. The van der Waals surface area contributed by atoms with E-state index in [-0.39, 0.29) is 40.6 Å². The molecule has 0 spiro atoms. The van der Waals surface area contributed by atoms with Gasteiger partial charge < -0.3 is 10.1 Å². The van der Waals surface area contributed by atoms with Crippen LogP contribution in [0.4, 0.5) is 5.69 Å². The number of carbonyl (C=O) groups is 2. The van der Waals surface area contributed by atoms with Crippen LogP contribution in [0.1, 0.15) is 6.92 Å². The van der Waals surface area contributed by atoms with Crippen LogP contribution < -0.4 is 5.32 Å². The Hall–Kier alpha value is -2.55. The molecule has 1 aliphatic heterocycles. The van der Waals surface area contributed by atoms with E-state index in [1.54, 1.807) is 12.1 Å². The Morgan fingerprint density at radius 3 is 2.44 bits per heavy atom. The number of Topliss-reactive ketones (excluding diaryl/α,β-unsaturated/α-hetero) is 1. The van der Waals surface area contributed by atoms with E-state index in [1.807, 2.05) is 0 Å². The second-order valence-corrected chi connectivity index (χ2v) is 7.76. The number of amides is 1. The first-order valence-electron chi connectivity index (χ1n) is 8.29. The normalized spacial score (nSPS) is 15.8. The standard InChI is InChI=1S/C19H22N2O5S/c1-4-16(13-14(2)15(3)22)19(23)20-17-7-5-6-8-18(17)27(24,25)21-9-11-26-12-10-21/h4-8,13H,1-2,9-12H2,3H3,(H,20,23)/b16-13+. The zero-order chi connectivity index (χ0) is 20.0. The van der Waals surface area contributed by atoms with Gasteiger partial charge in [0.2, 0.25) is 10.0 Å². The third-order valence-electron chi connectivity index (χ3n) is 3.99. The summed E-state index contributed by atoms with van der Waals surface area (Å²) in [6, 6.07) is 6.16. The minimum atomic E-state index is -3.79. The number of ketones is 1. The molecule has 1 aliphatic rings. The molecule has 7 nitrogen and oxygen atoms in total. The lowest BCUT2D eigenvalue weighted by atomic mass is 10.1. The Morgan fingerprint density at radius 1 is 1.22 bits per heavy atom. The van der Waals surface area contributed by atoms with E-state index in [9.17, 15) is 18.0 Å². The summed E-state index contributed by atoms with van der Waals surface area (Å²) in [5.74, 6) is -0.866. The fourth-order valence-electron chi connectivity index (χ4n) is 2.42. The lowest BCUT2D eigenvalue weighted by molar-refractivity contribution is -0.113. The summed E-state index contributed by atoms with van der Waals surface area (Å²) in [7, 11) is -3.79. The summed E-state index contributed by atoms with van der Waals surface area (Å²) in [5.41, 5.74) is 0.401. The zero-order valence-electron chi connectivity index (χ0n) is 15.1. The van der Waals surface area contributed by atoms with Crippen LogP contribution in [-0.4, -0.2) is 50.7 Å². The van der Waals surface area contributed by atoms with Crippen molar-refractivity contribution in [2.45, 2.75) is 11.8 Å². The van der Waals surface area contributed by atoms with Crippen LogP contribution in [0.2, 0.25) is 0 Å². The smallest absolute Gasteiger partial charge is 0.255 e. The summed E-state index contributed by atoms with van der Waals surface area (Å²) in [4.78, 5) is 23.9. The van der Waals surface area contributed by atoms with Gasteiger partial charge in [-0.2, -0.15) is 4.31 Å². The van der Waals surface area contributed by atoms with Gasteiger partial charge >= 0.3 is 0 Å². The van der Waals surface area contributed by atoms with Crippen molar-refractivity contribution >= 4 is 27.4 Å². The van der Waals surface area contributed by atoms with Gasteiger partial charge in [0.05, 0.1) is 18.9 Å². The van der Waals surface area contributed by atoms with E-state index in [0.29, 0.717) is 13.2 Å². The number of hydrogen-bond acceptors (Lipinski definition) is 5. The number of anilines is 1. The van der Waals surface area contributed by atoms with Gasteiger partial charge in [-0.3, -0.25) is 9.59 Å². The molecule has 1 N–H and O–H groups in total. The molecular weight excluding hydrogens is 368 g/mol. The zero-order valence-corrected chi connectivity index (χ0v) is 15.9. The first-order chi connectivity index (χ1) is 12.8. The predicted molar refractivity (Wildman–Crippen MR) is 103 cm³/mol. The SMILES string of the molecule is C=C/C(=C\C(=C)C(C)=O)C(=O)Nc1ccccc1S(=O)(=O)N1CCOCC1. The highest BCUT2D eigenvalue weighted by molar-refractivity contribution is 7.89. The molecular formula is C19H22N2O5S. The van der Waals surface area contributed by atoms with Crippen LogP contribution in [0, 0.1) is 0 Å². The Balaban J connectivity index is 2.32. The Kier molecular flexibility index (Phi) is 6.84. The largest absolute Gasteiger partial charge is 0.379 e. The van der Waals surface area contributed by atoms with Gasteiger partial charge in [0.1, 0.15) is 4.90 Å². The number of sulfonamides is 1. The van der Waals surface area contributed by atoms with E-state index in [0.717, 1.165) is 0 Å². The molecule has 0 atom stereocenters. The van der Waals surface area contributed by atoms with Gasteiger partial charge in [-0.15, -0.1) is 0 Å². The molecule has 1 aromatic rings. The molecule has 8 heteroatoms. The molecule has 0 aliphatic carbocycles. The first kappa shape index (κ1) is 20.8. The molecule has 2 rings (SSSR count). The number of allylic oxidation sites excluding steroid dienone is 2. The van der Waals surface area contributed by atoms with Crippen molar-refractivity contribution in [3.8, 4) is 0 Å². The lowest BCUT2D eigenvalue weighted by Crippen LogP contribution is -2.40. The second-order valence-electron chi connectivity index (χ2n) is 5.85. The van der Waals surface area contributed by atoms with Gasteiger partial charge in [0.25, 0.3) is 5.91 Å². The third kappa shape index (κ3) is 5.00. The van der Waals surface area contributed by atoms with E-state index < -0.39 is 15.9 Å². The second kappa shape index (κ2) is 8.90. The average Bonchev–Trinajstić information content (AvgIpc) is 2.66. The topological polar surface area (TPSA) is 92.8 Å². The van der Waals surface area contributed by atoms with Gasteiger partial charge in [-0.05, 0) is 25.1 Å². The molecule has 1 amide bonds. The highest BCUT2D eigenvalue weighted by Gasteiger charge is 2.29. The number of para-hydroxylation sites is 1. The number of nitrogens with zero attached hydrogens (tertiary/aromatic N) is 1. The monoisotopic (exact) mass is 390 g/mol. The number of hydrogen-bond donors (Lipinski definition) is 1. The van der Waals surface area contributed by atoms with E-state index in [4.69, 9.17) is 4.74 Å². The average molecular weight is 390 g/mol. The van der Waals surface area contributed by atoms with Gasteiger partial charge in [0.15, 0.2) is 5.78 Å². The summed E-state index contributed by atoms with van der Waals surface area (Å²) in [6.45, 7) is 9.62. The minimum Gasteiger partial charge on any atom is -0.379 e. The predicted octanol–water partition coefficient (Wildman–Crippen LogP) is 1.90. The summed E-state index contributed by atoms with van der Waals surface area (Å²) in [5, 5.41) is 2.58. The molecule has 0 radical (unpaired) electrons. The van der Waals surface area contributed by atoms with Crippen LogP contribution >= 0.6 is 0 Å². The molecule has 1 fully saturated rings. The number of nitrogens with one attached hydrogen (secondary N) is 1. The Morgan fingerprint density at radius 2 is 1.85 bits per heavy atom. The molecule has 0 unspecified atom stereocenters. The Labute approximate surface area is 159 Å². The maximum atomic E-state index is 12.9. The van der Waals surface area contributed by atoms with Gasteiger partial charge in [0, 0.05) is 24.2 Å². The number of morpholine rings is 1. The van der Waals surface area contributed by atoms with Gasteiger partial charge in [-0.1, -0.05) is 31.4 Å². The molecule has 1 heterocycles. The van der Waals surface area contributed by atoms with Crippen LogP contribution in [0.5, 0.6) is 0 Å². The van der Waals surface area contributed by atoms with Crippen LogP contribution in [-0.2, 0) is 24.3 Å². The highest BCUT2D eigenvalue weighted by Crippen LogP contribution is 2.25. The molecule has 0 aromatic heterocycles. The molecule has 1 saturated heterocycles. The van der Waals surface area contributed by atoms with Gasteiger partial charge in [-0.25, -0.2) is 8.42 Å². The highest BCUT2D eigenvalue weighted by atomic mass is 32.2. The maximum absolute atomic E-state index is 12.9. The van der Waals surface area contributed by atoms with Crippen LogP contribution in [0.3, 0.4) is 0 Å². The molecule has 0 saturated carbocycles. The lowest BCUT2D eigenvalue weighted by Gasteiger charge is -2.27. The fourth-order valence-corrected chi connectivity index (χ4v) is 3.98. The van der Waals surface area contributed by atoms with Crippen molar-refractivity contribution in [2.75, 3.05) is 31.6 Å². The molecule has 144 valence electrons. The number of rotatable bonds is 7. The van der Waals surface area contributed by atoms with E-state index in [1.165, 1.54) is 35.5 Å². The summed E-state index contributed by atoms with van der Waals surface area (Å²) in [6.07, 6.45) is 2.59. The van der Waals surface area contributed by atoms with Crippen molar-refractivity contribution in [1.82, 2.24) is 4.31 Å². The molecule has 27 heavy (non-hydrogen) atoms. The van der Waals surface area contributed by atoms with E-state index in [2.05, 4.69) is 18.5 Å². The molecule has 1 aromatic carbocycles. The van der Waals surface area contributed by atoms with Crippen LogP contribution in [0.25, 0.3) is 0 Å².